The van der Waals surface area contributed by atoms with E-state index < -0.39 is 34.1 Å². The fraction of sp³-hybridized carbons (Fsp3) is 0.355. The summed E-state index contributed by atoms with van der Waals surface area (Å²) < 4.78 is 29.7. The van der Waals surface area contributed by atoms with Crippen LogP contribution in [0.15, 0.2) is 82.2 Å². The molecule has 0 aliphatic carbocycles. The van der Waals surface area contributed by atoms with Crippen LogP contribution >= 0.6 is 15.9 Å². The van der Waals surface area contributed by atoms with E-state index >= 15 is 0 Å². The van der Waals surface area contributed by atoms with Crippen molar-refractivity contribution in [3.63, 3.8) is 0 Å². The summed E-state index contributed by atoms with van der Waals surface area (Å²) >= 11 is 3.39. The number of hydrogen-bond donors (Lipinski definition) is 1. The van der Waals surface area contributed by atoms with Gasteiger partial charge in [-0.05, 0) is 83.0 Å². The molecule has 214 valence electrons. The second kappa shape index (κ2) is 13.0. The lowest BCUT2D eigenvalue weighted by molar-refractivity contribution is -0.141. The summed E-state index contributed by atoms with van der Waals surface area (Å²) in [6, 6.07) is 20.2. The number of nitrogens with zero attached hydrogens (tertiary/aromatic N) is 2. The Morgan fingerprint density at radius 2 is 1.40 bits per heavy atom. The zero-order chi connectivity index (χ0) is 29.7. The van der Waals surface area contributed by atoms with Gasteiger partial charge >= 0.3 is 0 Å². The molecule has 0 saturated heterocycles. The lowest BCUT2D eigenvalue weighted by atomic mass is 10.1. The van der Waals surface area contributed by atoms with Crippen molar-refractivity contribution in [3.05, 3.63) is 94.0 Å². The van der Waals surface area contributed by atoms with E-state index in [1.807, 2.05) is 65.8 Å². The van der Waals surface area contributed by atoms with E-state index in [1.165, 1.54) is 17.0 Å². The fourth-order valence-corrected chi connectivity index (χ4v) is 5.91. The third-order valence-corrected chi connectivity index (χ3v) is 8.68. The predicted octanol–water partition coefficient (Wildman–Crippen LogP) is 5.98. The lowest BCUT2D eigenvalue weighted by Crippen LogP contribution is -2.55. The molecule has 1 N–H and O–H groups in total. The van der Waals surface area contributed by atoms with Crippen LogP contribution in [-0.2, 0) is 26.2 Å². The molecule has 40 heavy (non-hydrogen) atoms. The molecule has 0 bridgehead atoms. The molecule has 3 aromatic carbocycles. The van der Waals surface area contributed by atoms with Gasteiger partial charge in [0.25, 0.3) is 10.0 Å². The van der Waals surface area contributed by atoms with E-state index in [4.69, 9.17) is 0 Å². The quantitative estimate of drug-likeness (QED) is 0.299. The van der Waals surface area contributed by atoms with Crippen molar-refractivity contribution in [2.24, 2.45) is 0 Å². The van der Waals surface area contributed by atoms with Gasteiger partial charge in [0.2, 0.25) is 11.8 Å². The van der Waals surface area contributed by atoms with Gasteiger partial charge in [0.1, 0.15) is 12.6 Å². The Balaban J connectivity index is 2.06. The summed E-state index contributed by atoms with van der Waals surface area (Å²) in [7, 11) is -4.10. The second-order valence-corrected chi connectivity index (χ2v) is 13.7. The van der Waals surface area contributed by atoms with Crippen LogP contribution in [0.25, 0.3) is 0 Å². The van der Waals surface area contributed by atoms with E-state index in [0.717, 1.165) is 25.5 Å². The molecule has 0 aliphatic heterocycles. The molecule has 0 aromatic heterocycles. The highest BCUT2D eigenvalue weighted by molar-refractivity contribution is 9.10. The summed E-state index contributed by atoms with van der Waals surface area (Å²) in [4.78, 5) is 29.0. The van der Waals surface area contributed by atoms with Crippen LogP contribution in [0.3, 0.4) is 0 Å². The van der Waals surface area contributed by atoms with Crippen molar-refractivity contribution >= 4 is 43.5 Å². The largest absolute Gasteiger partial charge is 0.350 e. The Morgan fingerprint density at radius 3 is 1.90 bits per heavy atom. The van der Waals surface area contributed by atoms with Crippen molar-refractivity contribution in [1.82, 2.24) is 10.2 Å². The van der Waals surface area contributed by atoms with Crippen molar-refractivity contribution in [1.29, 1.82) is 0 Å². The summed E-state index contributed by atoms with van der Waals surface area (Å²) in [6.07, 6.45) is 0.364. The Kier molecular flexibility index (Phi) is 10.2. The van der Waals surface area contributed by atoms with Gasteiger partial charge in [-0.15, -0.1) is 0 Å². The van der Waals surface area contributed by atoms with Crippen LogP contribution in [0.5, 0.6) is 0 Å². The van der Waals surface area contributed by atoms with Gasteiger partial charge in [0.15, 0.2) is 0 Å². The highest BCUT2D eigenvalue weighted by Gasteiger charge is 2.34. The number of rotatable bonds is 10. The van der Waals surface area contributed by atoms with E-state index in [2.05, 4.69) is 21.2 Å². The molecule has 1 atom stereocenters. The zero-order valence-corrected chi connectivity index (χ0v) is 26.3. The van der Waals surface area contributed by atoms with E-state index in [-0.39, 0.29) is 17.3 Å². The first-order valence-electron chi connectivity index (χ1n) is 13.2. The summed E-state index contributed by atoms with van der Waals surface area (Å²) in [5, 5.41) is 2.98. The third-order valence-electron chi connectivity index (χ3n) is 6.36. The second-order valence-electron chi connectivity index (χ2n) is 11.0. The Morgan fingerprint density at radius 1 is 0.875 bits per heavy atom. The van der Waals surface area contributed by atoms with Crippen LogP contribution < -0.4 is 9.62 Å². The smallest absolute Gasteiger partial charge is 0.264 e. The average molecular weight is 629 g/mol. The lowest BCUT2D eigenvalue weighted by Gasteiger charge is -2.34. The number of anilines is 1. The van der Waals surface area contributed by atoms with Crippen LogP contribution in [0.4, 0.5) is 5.69 Å². The monoisotopic (exact) mass is 627 g/mol. The van der Waals surface area contributed by atoms with Gasteiger partial charge in [-0.2, -0.15) is 0 Å². The minimum atomic E-state index is -4.10. The number of benzene rings is 3. The van der Waals surface area contributed by atoms with E-state index in [9.17, 15) is 18.0 Å². The maximum Gasteiger partial charge on any atom is 0.264 e. The van der Waals surface area contributed by atoms with Gasteiger partial charge in [0, 0.05) is 16.6 Å². The molecule has 0 fully saturated rings. The molecule has 2 amide bonds. The minimum Gasteiger partial charge on any atom is -0.350 e. The van der Waals surface area contributed by atoms with Crippen LogP contribution in [-0.4, -0.2) is 43.3 Å². The standard InChI is InChI=1S/C31H38BrN3O4S/c1-7-28(30(37)33-31(4,5)6)34(20-24-12-8-22(2)9-13-24)29(36)21-35(26-16-14-25(32)15-17-26)40(38,39)27-18-10-23(3)11-19-27/h8-19,28H,7,20-21H2,1-6H3,(H,33,37)/t28-/m1/s1. The number of aryl methyl sites for hydroxylation is 2. The third kappa shape index (κ3) is 8.17. The Hall–Kier alpha value is -3.17. The Labute approximate surface area is 246 Å². The predicted molar refractivity (Wildman–Crippen MR) is 164 cm³/mol. The van der Waals surface area contributed by atoms with Crippen molar-refractivity contribution in [2.45, 2.75) is 71.0 Å². The highest BCUT2D eigenvalue weighted by atomic mass is 79.9. The molecule has 3 rings (SSSR count). The average Bonchev–Trinajstić information content (AvgIpc) is 2.88. The molecule has 0 spiro atoms. The summed E-state index contributed by atoms with van der Waals surface area (Å²) in [5.74, 6) is -0.762. The number of nitrogens with one attached hydrogen (secondary N) is 1. The number of carbonyl (C=O) groups is 2. The van der Waals surface area contributed by atoms with E-state index in [1.54, 1.807) is 36.4 Å². The van der Waals surface area contributed by atoms with Crippen LogP contribution in [0.2, 0.25) is 0 Å². The molecular weight excluding hydrogens is 590 g/mol. The van der Waals surface area contributed by atoms with Crippen molar-refractivity contribution in [2.75, 3.05) is 10.8 Å². The highest BCUT2D eigenvalue weighted by Crippen LogP contribution is 2.26. The zero-order valence-electron chi connectivity index (χ0n) is 23.9. The summed E-state index contributed by atoms with van der Waals surface area (Å²) in [5.41, 5.74) is 2.69. The van der Waals surface area contributed by atoms with Gasteiger partial charge < -0.3 is 10.2 Å². The first-order chi connectivity index (χ1) is 18.7. The van der Waals surface area contributed by atoms with Gasteiger partial charge in [-0.3, -0.25) is 13.9 Å². The number of sulfonamides is 1. The fourth-order valence-electron chi connectivity index (χ4n) is 4.24. The molecule has 0 heterocycles. The molecule has 7 nitrogen and oxygen atoms in total. The van der Waals surface area contributed by atoms with Gasteiger partial charge in [-0.25, -0.2) is 8.42 Å². The van der Waals surface area contributed by atoms with Crippen LogP contribution in [0.1, 0.15) is 50.8 Å². The molecule has 0 saturated carbocycles. The Bertz CT molecular complexity index is 1420. The number of carbonyl (C=O) groups excluding carboxylic acids is 2. The molecule has 9 heteroatoms. The van der Waals surface area contributed by atoms with Crippen molar-refractivity contribution < 1.29 is 18.0 Å². The first-order valence-corrected chi connectivity index (χ1v) is 15.5. The molecule has 3 aromatic rings. The number of amides is 2. The molecular formula is C31H38BrN3O4S. The van der Waals surface area contributed by atoms with E-state index in [0.29, 0.717) is 12.1 Å². The SMILES string of the molecule is CC[C@H](C(=O)NC(C)(C)C)N(Cc1ccc(C)cc1)C(=O)CN(c1ccc(Br)cc1)S(=O)(=O)c1ccc(C)cc1. The topological polar surface area (TPSA) is 86.8 Å². The number of hydrogen-bond acceptors (Lipinski definition) is 4. The molecule has 0 unspecified atom stereocenters. The van der Waals surface area contributed by atoms with Gasteiger partial charge in [0.05, 0.1) is 10.6 Å². The van der Waals surface area contributed by atoms with Gasteiger partial charge in [-0.1, -0.05) is 70.4 Å². The van der Waals surface area contributed by atoms with Crippen molar-refractivity contribution in [3.8, 4) is 0 Å². The summed E-state index contributed by atoms with van der Waals surface area (Å²) in [6.45, 7) is 11.0. The molecule has 0 aliphatic rings. The maximum absolute atomic E-state index is 14.1. The molecule has 0 radical (unpaired) electrons. The van der Waals surface area contributed by atoms with Crippen LogP contribution in [0, 0.1) is 13.8 Å². The minimum absolute atomic E-state index is 0.0800. The number of halogens is 1. The first kappa shape index (κ1) is 31.4. The normalized spacial score (nSPS) is 12.5. The maximum atomic E-state index is 14.1.